The molecule has 0 saturated carbocycles. The molecule has 2 aliphatic rings. The van der Waals surface area contributed by atoms with Crippen molar-refractivity contribution in [1.29, 1.82) is 0 Å². The second-order valence-corrected chi connectivity index (χ2v) is 17.0. The lowest BCUT2D eigenvalue weighted by atomic mass is 9.96. The summed E-state index contributed by atoms with van der Waals surface area (Å²) in [5.74, 6) is 1.44. The van der Waals surface area contributed by atoms with Crippen LogP contribution < -0.4 is 9.47 Å². The molecule has 10 atom stereocenters. The van der Waals surface area contributed by atoms with Gasteiger partial charge in [0.25, 0.3) is 0 Å². The van der Waals surface area contributed by atoms with Gasteiger partial charge in [0, 0.05) is 0 Å². The van der Waals surface area contributed by atoms with Gasteiger partial charge in [-0.1, -0.05) is 146 Å². The van der Waals surface area contributed by atoms with Crippen molar-refractivity contribution in [2.45, 2.75) is 101 Å². The number of hydrogen-bond acceptors (Lipinski definition) is 13. The third-order valence-electron chi connectivity index (χ3n) is 12.1. The highest BCUT2D eigenvalue weighted by molar-refractivity contribution is 5.28. The van der Waals surface area contributed by atoms with E-state index in [0.29, 0.717) is 5.75 Å². The molecule has 2 heterocycles. The number of hydrogen-bond donors (Lipinski definition) is 2. The molecule has 2 fully saturated rings. The van der Waals surface area contributed by atoms with Crippen molar-refractivity contribution in [2.24, 2.45) is 0 Å². The molecule has 0 aromatic heterocycles. The average molecular weight is 943 g/mol. The Kier molecular flexibility index (Phi) is 18.7. The van der Waals surface area contributed by atoms with Gasteiger partial charge in [0.2, 0.25) is 0 Å². The minimum Gasteiger partial charge on any atom is -0.497 e. The summed E-state index contributed by atoms with van der Waals surface area (Å²) in [4.78, 5) is 0. The first-order chi connectivity index (χ1) is 33.9. The van der Waals surface area contributed by atoms with E-state index in [9.17, 15) is 10.2 Å². The number of benzene rings is 6. The summed E-state index contributed by atoms with van der Waals surface area (Å²) in [5.41, 5.74) is 5.43. The lowest BCUT2D eigenvalue weighted by molar-refractivity contribution is -0.370. The zero-order chi connectivity index (χ0) is 47.6. The number of rotatable bonds is 24. The zero-order valence-electron chi connectivity index (χ0n) is 39.0. The van der Waals surface area contributed by atoms with Crippen LogP contribution >= 0.6 is 0 Å². The molecule has 8 rings (SSSR count). The highest BCUT2D eigenvalue weighted by Gasteiger charge is 2.53. The quantitative estimate of drug-likeness (QED) is 0.0607. The summed E-state index contributed by atoms with van der Waals surface area (Å²) < 4.78 is 70.3. The van der Waals surface area contributed by atoms with Gasteiger partial charge in [0.15, 0.2) is 12.6 Å². The Balaban J connectivity index is 1.12. The van der Waals surface area contributed by atoms with E-state index in [-0.39, 0.29) is 52.9 Å². The standard InChI is InChI=1S/C56H62O13/c1-59-45-27-23-43(24-28-45)32-62-37-47-50(63-33-40-17-9-4-10-18-40)52(64-36-44-25-29-46(60-2)30-26-44)49(57)56(68-47)69-51-48(38-61-31-39-15-7-3-8-16-39)67-55(58)54(66-35-42-21-13-6-14-22-42)53(51)65-34-41-19-11-5-12-20-41/h3-30,47-58H,31-38H2,1-2H3/t47-,48-,49+,50-,51-,52-,53+,54-,55-,56+/m1/s1. The topological polar surface area (TPSA) is 142 Å². The maximum absolute atomic E-state index is 12.6. The van der Waals surface area contributed by atoms with E-state index < -0.39 is 61.4 Å². The number of ether oxygens (including phenoxy) is 11. The van der Waals surface area contributed by atoms with E-state index in [1.807, 2.05) is 170 Å². The molecule has 13 nitrogen and oxygen atoms in total. The molecule has 0 aliphatic carbocycles. The van der Waals surface area contributed by atoms with Gasteiger partial charge in [-0.2, -0.15) is 0 Å². The fourth-order valence-corrected chi connectivity index (χ4v) is 8.35. The van der Waals surface area contributed by atoms with Crippen molar-refractivity contribution in [3.8, 4) is 11.5 Å². The molecule has 13 heteroatoms. The van der Waals surface area contributed by atoms with E-state index in [2.05, 4.69) is 0 Å². The molecule has 69 heavy (non-hydrogen) atoms. The zero-order valence-corrected chi connectivity index (χ0v) is 39.0. The fourth-order valence-electron chi connectivity index (χ4n) is 8.35. The summed E-state index contributed by atoms with van der Waals surface area (Å²) in [7, 11) is 3.24. The van der Waals surface area contributed by atoms with Gasteiger partial charge in [-0.3, -0.25) is 0 Å². The molecule has 0 unspecified atom stereocenters. The van der Waals surface area contributed by atoms with Gasteiger partial charge >= 0.3 is 0 Å². The normalized spacial score (nSPS) is 24.7. The molecule has 2 N–H and O–H groups in total. The Morgan fingerprint density at radius 3 is 1.19 bits per heavy atom. The van der Waals surface area contributed by atoms with Crippen LogP contribution in [0.25, 0.3) is 0 Å². The van der Waals surface area contributed by atoms with Gasteiger partial charge in [-0.25, -0.2) is 0 Å². The number of methoxy groups -OCH3 is 2. The molecule has 0 spiro atoms. The molecule has 6 aromatic carbocycles. The Morgan fingerprint density at radius 2 is 0.739 bits per heavy atom. The second kappa shape index (κ2) is 25.9. The van der Waals surface area contributed by atoms with Crippen LogP contribution in [-0.4, -0.2) is 99.1 Å². The van der Waals surface area contributed by atoms with Crippen LogP contribution in [0.15, 0.2) is 170 Å². The second-order valence-electron chi connectivity index (χ2n) is 17.0. The van der Waals surface area contributed by atoms with E-state index in [1.165, 1.54) is 0 Å². The molecule has 2 aliphatic heterocycles. The van der Waals surface area contributed by atoms with E-state index >= 15 is 0 Å². The largest absolute Gasteiger partial charge is 0.497 e. The number of aliphatic hydroxyl groups excluding tert-OH is 2. The molecule has 2 saturated heterocycles. The van der Waals surface area contributed by atoms with Crippen LogP contribution in [0.1, 0.15) is 33.4 Å². The van der Waals surface area contributed by atoms with Crippen LogP contribution in [0.5, 0.6) is 11.5 Å². The first kappa shape index (κ1) is 49.9. The van der Waals surface area contributed by atoms with Crippen molar-refractivity contribution in [2.75, 3.05) is 27.4 Å². The van der Waals surface area contributed by atoms with Crippen LogP contribution in [-0.2, 0) is 82.3 Å². The minimum atomic E-state index is -1.44. The maximum atomic E-state index is 12.6. The van der Waals surface area contributed by atoms with Crippen molar-refractivity contribution < 1.29 is 62.3 Å². The molecule has 364 valence electrons. The molecule has 0 amide bonds. The van der Waals surface area contributed by atoms with Gasteiger partial charge in [-0.15, -0.1) is 0 Å². The highest BCUT2D eigenvalue weighted by Crippen LogP contribution is 2.35. The third-order valence-corrected chi connectivity index (χ3v) is 12.1. The Morgan fingerprint density at radius 1 is 0.377 bits per heavy atom. The summed E-state index contributed by atoms with van der Waals surface area (Å²) in [6.07, 6.45) is -10.8. The smallest absolute Gasteiger partial charge is 0.187 e. The fraction of sp³-hybridized carbons (Fsp3) is 0.357. The van der Waals surface area contributed by atoms with Gasteiger partial charge in [-0.05, 0) is 57.6 Å². The maximum Gasteiger partial charge on any atom is 0.187 e. The third kappa shape index (κ3) is 14.3. The highest BCUT2D eigenvalue weighted by atomic mass is 16.7. The molecule has 0 radical (unpaired) electrons. The van der Waals surface area contributed by atoms with Crippen molar-refractivity contribution >= 4 is 0 Å². The number of aliphatic hydroxyl groups is 2. The lowest BCUT2D eigenvalue weighted by Gasteiger charge is -2.49. The van der Waals surface area contributed by atoms with E-state index in [0.717, 1.165) is 39.1 Å². The van der Waals surface area contributed by atoms with Crippen LogP contribution in [0.4, 0.5) is 0 Å². The molecular formula is C56H62O13. The van der Waals surface area contributed by atoms with Gasteiger partial charge in [0.1, 0.15) is 60.3 Å². The van der Waals surface area contributed by atoms with Crippen molar-refractivity contribution in [3.05, 3.63) is 203 Å². The Bertz CT molecular complexity index is 2340. The predicted molar refractivity (Wildman–Crippen MR) is 256 cm³/mol. The average Bonchev–Trinajstić information content (AvgIpc) is 3.40. The van der Waals surface area contributed by atoms with E-state index in [1.54, 1.807) is 14.2 Å². The van der Waals surface area contributed by atoms with Crippen molar-refractivity contribution in [1.82, 2.24) is 0 Å². The molecular weight excluding hydrogens is 881 g/mol. The SMILES string of the molecule is COc1ccc(COC[C@H]2O[C@@H](O[C@H]3[C@H](OCc4ccccc4)[C@@H](OCc4ccccc4)[C@H](O)O[C@@H]3COCc3ccccc3)[C@@H](O)[C@@H](OCc3ccc(OC)cc3)[C@@H]2OCc2ccccc2)cc1. The minimum absolute atomic E-state index is 0.00928. The Hall–Kier alpha value is -5.52. The lowest BCUT2D eigenvalue weighted by Crippen LogP contribution is -2.66. The van der Waals surface area contributed by atoms with Crippen LogP contribution in [0, 0.1) is 0 Å². The first-order valence-corrected chi connectivity index (χ1v) is 23.3. The van der Waals surface area contributed by atoms with Crippen LogP contribution in [0.3, 0.4) is 0 Å². The van der Waals surface area contributed by atoms with E-state index in [4.69, 9.17) is 52.1 Å². The Labute approximate surface area is 404 Å². The van der Waals surface area contributed by atoms with Crippen LogP contribution in [0.2, 0.25) is 0 Å². The monoisotopic (exact) mass is 942 g/mol. The predicted octanol–water partition coefficient (Wildman–Crippen LogP) is 7.97. The first-order valence-electron chi connectivity index (χ1n) is 23.3. The van der Waals surface area contributed by atoms with Crippen molar-refractivity contribution in [3.63, 3.8) is 0 Å². The summed E-state index contributed by atoms with van der Waals surface area (Å²) in [6.45, 7) is 1.18. The summed E-state index contributed by atoms with van der Waals surface area (Å²) in [5, 5.41) is 24.4. The molecule has 6 aromatic rings. The molecule has 0 bridgehead atoms. The summed E-state index contributed by atoms with van der Waals surface area (Å²) in [6, 6.07) is 54.0. The van der Waals surface area contributed by atoms with Gasteiger partial charge < -0.3 is 62.3 Å². The van der Waals surface area contributed by atoms with Gasteiger partial charge in [0.05, 0.1) is 67.1 Å². The summed E-state index contributed by atoms with van der Waals surface area (Å²) >= 11 is 0.